The Bertz CT molecular complexity index is 1510. The van der Waals surface area contributed by atoms with Crippen molar-refractivity contribution in [2.75, 3.05) is 6.54 Å². The zero-order valence-corrected chi connectivity index (χ0v) is 22.2. The minimum atomic E-state index is -0.808. The lowest BCUT2D eigenvalue weighted by atomic mass is 9.84. The standard InChI is InChI=1S/C31H34N4O3/c1-4-23-18-35(17-22-7-5-6-8-29(22)38-23)27-13-11-20-9-10-21(15-26(20)27)25(16-30(36)37)24-12-14-28-31(19(24)2)32-33-34(28)3/h5-10,12,14-15,23,25,27H,4,11,13,16-18H2,1-3H3,(H,36,37)/t23-,25-,27+/m1/s1. The van der Waals surface area contributed by atoms with Gasteiger partial charge in [-0.15, -0.1) is 5.10 Å². The number of carbonyl (C=O) groups is 1. The van der Waals surface area contributed by atoms with Crippen LogP contribution < -0.4 is 4.74 Å². The number of aliphatic carboxylic acids is 1. The van der Waals surface area contributed by atoms with Crippen LogP contribution in [-0.4, -0.2) is 43.6 Å². The van der Waals surface area contributed by atoms with Crippen molar-refractivity contribution in [3.8, 4) is 5.75 Å². The summed E-state index contributed by atoms with van der Waals surface area (Å²) in [5.74, 6) is -0.0787. The summed E-state index contributed by atoms with van der Waals surface area (Å²) in [6, 6.07) is 19.3. The summed E-state index contributed by atoms with van der Waals surface area (Å²) < 4.78 is 8.13. The highest BCUT2D eigenvalue weighted by Gasteiger charge is 2.33. The molecule has 196 valence electrons. The van der Waals surface area contributed by atoms with E-state index in [0.29, 0.717) is 0 Å². The average Bonchev–Trinajstić information content (AvgIpc) is 3.45. The molecule has 3 atom stereocenters. The molecule has 4 aromatic rings. The third-order valence-electron chi connectivity index (χ3n) is 8.43. The summed E-state index contributed by atoms with van der Waals surface area (Å²) in [5, 5.41) is 18.4. The van der Waals surface area contributed by atoms with E-state index in [9.17, 15) is 9.90 Å². The van der Waals surface area contributed by atoms with Crippen LogP contribution in [0.3, 0.4) is 0 Å². The number of carboxylic acids is 1. The molecule has 7 heteroatoms. The predicted molar refractivity (Wildman–Crippen MR) is 146 cm³/mol. The summed E-state index contributed by atoms with van der Waals surface area (Å²) in [7, 11) is 1.87. The van der Waals surface area contributed by atoms with E-state index in [1.807, 2.05) is 32.2 Å². The van der Waals surface area contributed by atoms with Crippen molar-refractivity contribution < 1.29 is 14.6 Å². The lowest BCUT2D eigenvalue weighted by molar-refractivity contribution is -0.137. The van der Waals surface area contributed by atoms with Gasteiger partial charge in [0.2, 0.25) is 0 Å². The Labute approximate surface area is 223 Å². The smallest absolute Gasteiger partial charge is 0.304 e. The lowest BCUT2D eigenvalue weighted by Crippen LogP contribution is -2.34. The van der Waals surface area contributed by atoms with Gasteiger partial charge in [0, 0.05) is 37.7 Å². The maximum Gasteiger partial charge on any atom is 0.304 e. The predicted octanol–water partition coefficient (Wildman–Crippen LogP) is 5.54. The average molecular weight is 511 g/mol. The minimum absolute atomic E-state index is 0.0267. The van der Waals surface area contributed by atoms with E-state index in [1.165, 1.54) is 16.7 Å². The summed E-state index contributed by atoms with van der Waals surface area (Å²) in [5.41, 5.74) is 8.72. The van der Waals surface area contributed by atoms with Crippen molar-refractivity contribution in [3.05, 3.63) is 88.0 Å². The molecule has 0 unspecified atom stereocenters. The zero-order chi connectivity index (χ0) is 26.4. The topological polar surface area (TPSA) is 80.5 Å². The fraction of sp³-hybridized carbons (Fsp3) is 0.387. The second kappa shape index (κ2) is 9.87. The van der Waals surface area contributed by atoms with Crippen molar-refractivity contribution in [1.82, 2.24) is 19.9 Å². The first-order valence-corrected chi connectivity index (χ1v) is 13.5. The van der Waals surface area contributed by atoms with Crippen LogP contribution in [0.2, 0.25) is 0 Å². The van der Waals surface area contributed by atoms with E-state index < -0.39 is 5.97 Å². The molecule has 1 aliphatic carbocycles. The molecule has 1 aliphatic heterocycles. The fourth-order valence-electron chi connectivity index (χ4n) is 6.36. The second-order valence-corrected chi connectivity index (χ2v) is 10.7. The van der Waals surface area contributed by atoms with Gasteiger partial charge in [0.05, 0.1) is 11.9 Å². The molecule has 1 N–H and O–H groups in total. The molecule has 0 saturated carbocycles. The van der Waals surface area contributed by atoms with Crippen molar-refractivity contribution >= 4 is 17.0 Å². The highest BCUT2D eigenvalue weighted by Crippen LogP contribution is 2.42. The molecule has 6 rings (SSSR count). The number of benzene rings is 3. The monoisotopic (exact) mass is 510 g/mol. The van der Waals surface area contributed by atoms with Crippen LogP contribution in [-0.2, 0) is 24.8 Å². The lowest BCUT2D eigenvalue weighted by Gasteiger charge is -2.30. The molecule has 0 fully saturated rings. The number of ether oxygens (including phenoxy) is 1. The number of fused-ring (bicyclic) bond motifs is 3. The van der Waals surface area contributed by atoms with E-state index >= 15 is 0 Å². The number of rotatable bonds is 6. The van der Waals surface area contributed by atoms with E-state index in [4.69, 9.17) is 4.74 Å². The van der Waals surface area contributed by atoms with Crippen LogP contribution in [0.5, 0.6) is 5.75 Å². The van der Waals surface area contributed by atoms with Gasteiger partial charge in [-0.25, -0.2) is 4.68 Å². The third-order valence-corrected chi connectivity index (χ3v) is 8.43. The van der Waals surface area contributed by atoms with E-state index in [-0.39, 0.29) is 24.5 Å². The first kappa shape index (κ1) is 24.6. The SMILES string of the molecule is CC[C@@H]1CN([C@H]2CCc3ccc([C@@H](CC(=O)O)c4ccc5c(nnn5C)c4C)cc32)Cc2ccccc2O1. The zero-order valence-electron chi connectivity index (χ0n) is 22.2. The third kappa shape index (κ3) is 4.35. The van der Waals surface area contributed by atoms with Crippen molar-refractivity contribution in [2.45, 2.75) is 64.1 Å². The number of hydrogen-bond donors (Lipinski definition) is 1. The number of para-hydroxylation sites is 1. The molecule has 0 bridgehead atoms. The molecule has 2 heterocycles. The van der Waals surface area contributed by atoms with Gasteiger partial charge in [0.1, 0.15) is 17.4 Å². The summed E-state index contributed by atoms with van der Waals surface area (Å²) >= 11 is 0. The van der Waals surface area contributed by atoms with Gasteiger partial charge in [0.15, 0.2) is 0 Å². The van der Waals surface area contributed by atoms with Gasteiger partial charge in [-0.2, -0.15) is 0 Å². The maximum absolute atomic E-state index is 12.1. The van der Waals surface area contributed by atoms with Crippen molar-refractivity contribution in [2.24, 2.45) is 7.05 Å². The van der Waals surface area contributed by atoms with Gasteiger partial charge in [0.25, 0.3) is 0 Å². The number of carboxylic acid groups (broad SMARTS) is 1. The van der Waals surface area contributed by atoms with E-state index in [1.54, 1.807) is 4.68 Å². The van der Waals surface area contributed by atoms with E-state index in [0.717, 1.165) is 65.8 Å². The number of aromatic nitrogens is 3. The normalized spacial score (nSPS) is 20.0. The Morgan fingerprint density at radius 3 is 2.82 bits per heavy atom. The summed E-state index contributed by atoms with van der Waals surface area (Å²) in [6.45, 7) is 5.93. The number of aryl methyl sites for hydroxylation is 3. The molecule has 0 saturated heterocycles. The van der Waals surface area contributed by atoms with Crippen molar-refractivity contribution in [3.63, 3.8) is 0 Å². The second-order valence-electron chi connectivity index (χ2n) is 10.7. The highest BCUT2D eigenvalue weighted by atomic mass is 16.5. The Kier molecular flexibility index (Phi) is 6.40. The summed E-state index contributed by atoms with van der Waals surface area (Å²) in [4.78, 5) is 14.6. The molecule has 0 spiro atoms. The first-order chi connectivity index (χ1) is 18.4. The van der Waals surface area contributed by atoms with Crippen molar-refractivity contribution in [1.29, 1.82) is 0 Å². The molecule has 38 heavy (non-hydrogen) atoms. The molecule has 0 amide bonds. The number of nitrogens with zero attached hydrogens (tertiary/aromatic N) is 4. The van der Waals surface area contributed by atoms with E-state index in [2.05, 4.69) is 58.5 Å². The molecular formula is C31H34N4O3. The van der Waals surface area contributed by atoms with Gasteiger partial charge in [-0.1, -0.05) is 54.6 Å². The Morgan fingerprint density at radius 2 is 2.00 bits per heavy atom. The van der Waals surface area contributed by atoms with Crippen LogP contribution in [0.4, 0.5) is 0 Å². The Balaban J connectivity index is 1.39. The highest BCUT2D eigenvalue weighted by molar-refractivity contribution is 5.80. The molecule has 7 nitrogen and oxygen atoms in total. The summed E-state index contributed by atoms with van der Waals surface area (Å²) in [6.07, 6.45) is 3.22. The maximum atomic E-state index is 12.1. The largest absolute Gasteiger partial charge is 0.489 e. The van der Waals surface area contributed by atoms with Crippen LogP contribution in [0.1, 0.15) is 71.5 Å². The van der Waals surface area contributed by atoms with Crippen LogP contribution in [0, 0.1) is 6.92 Å². The van der Waals surface area contributed by atoms with Gasteiger partial charge >= 0.3 is 5.97 Å². The van der Waals surface area contributed by atoms with Gasteiger partial charge in [-0.05, 0) is 66.1 Å². The number of hydrogen-bond acceptors (Lipinski definition) is 5. The van der Waals surface area contributed by atoms with Gasteiger partial charge in [-0.3, -0.25) is 9.69 Å². The Hall–Kier alpha value is -3.71. The van der Waals surface area contributed by atoms with Gasteiger partial charge < -0.3 is 9.84 Å². The molecule has 0 radical (unpaired) electrons. The molecular weight excluding hydrogens is 476 g/mol. The van der Waals surface area contributed by atoms with Crippen LogP contribution in [0.15, 0.2) is 54.6 Å². The molecule has 3 aromatic carbocycles. The van der Waals surface area contributed by atoms with Crippen LogP contribution in [0.25, 0.3) is 11.0 Å². The molecule has 2 aliphatic rings. The first-order valence-electron chi connectivity index (χ1n) is 13.5. The minimum Gasteiger partial charge on any atom is -0.489 e. The quantitative estimate of drug-likeness (QED) is 0.367. The Morgan fingerprint density at radius 1 is 1.16 bits per heavy atom. The fourth-order valence-corrected chi connectivity index (χ4v) is 6.36. The van der Waals surface area contributed by atoms with Crippen LogP contribution >= 0.6 is 0 Å². The molecule has 1 aromatic heterocycles.